The highest BCUT2D eigenvalue weighted by Gasteiger charge is 2.28. The van der Waals surface area contributed by atoms with E-state index in [-0.39, 0.29) is 5.92 Å². The molecule has 2 atom stereocenters. The zero-order chi connectivity index (χ0) is 14.5. The Hall–Kier alpha value is -1.11. The molecule has 1 aliphatic rings. The van der Waals surface area contributed by atoms with Gasteiger partial charge in [-0.25, -0.2) is 0 Å². The van der Waals surface area contributed by atoms with Crippen LogP contribution in [0.2, 0.25) is 0 Å². The van der Waals surface area contributed by atoms with Gasteiger partial charge in [-0.1, -0.05) is 0 Å². The summed E-state index contributed by atoms with van der Waals surface area (Å²) < 4.78 is 7.24. The second-order valence-corrected chi connectivity index (χ2v) is 5.68. The van der Waals surface area contributed by atoms with Gasteiger partial charge in [0.25, 0.3) is 0 Å². The van der Waals surface area contributed by atoms with Crippen LogP contribution in [-0.4, -0.2) is 60.6 Å². The summed E-state index contributed by atoms with van der Waals surface area (Å²) in [6.07, 6.45) is 3.32. The first-order valence-corrected chi connectivity index (χ1v) is 7.26. The van der Waals surface area contributed by atoms with Crippen LogP contribution < -0.4 is 10.1 Å². The molecule has 1 aliphatic heterocycles. The van der Waals surface area contributed by atoms with Gasteiger partial charge in [-0.3, -0.25) is 4.68 Å². The number of aliphatic hydroxyl groups is 1. The molecule has 2 rings (SSSR count). The van der Waals surface area contributed by atoms with Crippen LogP contribution in [0.5, 0.6) is 5.75 Å². The molecular formula is C14H26N4O2. The predicted octanol–water partition coefficient (Wildman–Crippen LogP) is 0.486. The molecule has 2 unspecified atom stereocenters. The number of ether oxygens (including phenoxy) is 1. The van der Waals surface area contributed by atoms with Crippen LogP contribution >= 0.6 is 0 Å². The van der Waals surface area contributed by atoms with E-state index in [1.165, 1.54) is 0 Å². The molecule has 0 amide bonds. The lowest BCUT2D eigenvalue weighted by atomic mass is 9.91. The van der Waals surface area contributed by atoms with Crippen LogP contribution in [0, 0.1) is 5.92 Å². The van der Waals surface area contributed by atoms with Crippen molar-refractivity contribution in [3.05, 3.63) is 11.9 Å². The van der Waals surface area contributed by atoms with Gasteiger partial charge in [0, 0.05) is 19.0 Å². The van der Waals surface area contributed by atoms with Crippen molar-refractivity contribution >= 4 is 0 Å². The van der Waals surface area contributed by atoms with Crippen LogP contribution in [0.4, 0.5) is 0 Å². The van der Waals surface area contributed by atoms with Gasteiger partial charge >= 0.3 is 0 Å². The zero-order valence-corrected chi connectivity index (χ0v) is 12.7. The largest absolute Gasteiger partial charge is 0.493 e. The first-order valence-electron chi connectivity index (χ1n) is 7.26. The molecule has 1 aromatic rings. The Bertz CT molecular complexity index is 413. The van der Waals surface area contributed by atoms with Crippen molar-refractivity contribution in [3.8, 4) is 5.75 Å². The maximum absolute atomic E-state index is 10.7. The van der Waals surface area contributed by atoms with Gasteiger partial charge in [-0.15, -0.1) is 0 Å². The Labute approximate surface area is 120 Å². The number of methoxy groups -OCH3 is 1. The Morgan fingerprint density at radius 2 is 2.40 bits per heavy atom. The summed E-state index contributed by atoms with van der Waals surface area (Å²) in [5, 5.41) is 18.4. The fourth-order valence-electron chi connectivity index (χ4n) is 2.68. The standard InChI is InChI=1S/C14H26N4O2/c1-17(2)7-8-18-13(12(20-3)10-16-18)14(19)11-5-4-6-15-9-11/h10-11,14-15,19H,4-9H2,1-3H3. The lowest BCUT2D eigenvalue weighted by molar-refractivity contribution is 0.0808. The van der Waals surface area contributed by atoms with Crippen molar-refractivity contribution in [1.29, 1.82) is 0 Å². The fourth-order valence-corrected chi connectivity index (χ4v) is 2.68. The zero-order valence-electron chi connectivity index (χ0n) is 12.7. The Morgan fingerprint density at radius 3 is 3.00 bits per heavy atom. The van der Waals surface area contributed by atoms with Gasteiger partial charge in [0.2, 0.25) is 0 Å². The van der Waals surface area contributed by atoms with Crippen molar-refractivity contribution in [2.45, 2.75) is 25.5 Å². The SMILES string of the molecule is COc1cnn(CCN(C)C)c1C(O)C1CCCNC1. The first-order chi connectivity index (χ1) is 9.63. The number of aliphatic hydroxyl groups excluding tert-OH is 1. The summed E-state index contributed by atoms with van der Waals surface area (Å²) in [5.41, 5.74) is 0.808. The van der Waals surface area contributed by atoms with E-state index in [4.69, 9.17) is 4.74 Å². The van der Waals surface area contributed by atoms with Crippen molar-refractivity contribution in [2.24, 2.45) is 5.92 Å². The van der Waals surface area contributed by atoms with Gasteiger partial charge in [0.15, 0.2) is 5.75 Å². The van der Waals surface area contributed by atoms with Gasteiger partial charge in [-0.05, 0) is 33.5 Å². The maximum Gasteiger partial charge on any atom is 0.162 e. The third-order valence-electron chi connectivity index (χ3n) is 3.89. The van der Waals surface area contributed by atoms with Crippen LogP contribution in [0.25, 0.3) is 0 Å². The minimum atomic E-state index is -0.526. The average molecular weight is 282 g/mol. The number of aromatic nitrogens is 2. The number of nitrogens with one attached hydrogen (secondary N) is 1. The van der Waals surface area contributed by atoms with Crippen molar-refractivity contribution in [1.82, 2.24) is 20.0 Å². The van der Waals surface area contributed by atoms with E-state index in [9.17, 15) is 5.11 Å². The fraction of sp³-hybridized carbons (Fsp3) is 0.786. The van der Waals surface area contributed by atoms with Gasteiger partial charge in [-0.2, -0.15) is 5.10 Å². The van der Waals surface area contributed by atoms with E-state index in [0.29, 0.717) is 5.75 Å². The first kappa shape index (κ1) is 15.3. The molecule has 1 saturated heterocycles. The lowest BCUT2D eigenvalue weighted by Gasteiger charge is -2.28. The molecule has 0 radical (unpaired) electrons. The molecule has 1 aromatic heterocycles. The molecule has 0 spiro atoms. The summed E-state index contributed by atoms with van der Waals surface area (Å²) in [6.45, 7) is 3.53. The van der Waals surface area contributed by atoms with E-state index >= 15 is 0 Å². The van der Waals surface area contributed by atoms with Gasteiger partial charge < -0.3 is 20.1 Å². The molecule has 1 fully saturated rings. The highest BCUT2D eigenvalue weighted by atomic mass is 16.5. The summed E-state index contributed by atoms with van der Waals surface area (Å²) in [5.74, 6) is 0.911. The average Bonchev–Trinajstić information content (AvgIpc) is 2.88. The summed E-state index contributed by atoms with van der Waals surface area (Å²) in [6, 6.07) is 0. The second-order valence-electron chi connectivity index (χ2n) is 5.68. The molecule has 0 saturated carbocycles. The molecule has 114 valence electrons. The van der Waals surface area contributed by atoms with E-state index in [1.807, 2.05) is 18.8 Å². The van der Waals surface area contributed by atoms with Crippen LogP contribution in [0.3, 0.4) is 0 Å². The molecule has 6 nitrogen and oxygen atoms in total. The molecular weight excluding hydrogens is 256 g/mol. The Balaban J connectivity index is 2.16. The normalized spacial score (nSPS) is 21.1. The number of piperidine rings is 1. The third kappa shape index (κ3) is 3.50. The topological polar surface area (TPSA) is 62.5 Å². The molecule has 0 aliphatic carbocycles. The number of hydrogen-bond acceptors (Lipinski definition) is 5. The van der Waals surface area contributed by atoms with Gasteiger partial charge in [0.05, 0.1) is 19.9 Å². The highest BCUT2D eigenvalue weighted by molar-refractivity contribution is 5.28. The predicted molar refractivity (Wildman–Crippen MR) is 77.9 cm³/mol. The highest BCUT2D eigenvalue weighted by Crippen LogP contribution is 2.32. The van der Waals surface area contributed by atoms with Crippen molar-refractivity contribution in [3.63, 3.8) is 0 Å². The Morgan fingerprint density at radius 1 is 1.60 bits per heavy atom. The summed E-state index contributed by atoms with van der Waals surface area (Å²) in [4.78, 5) is 2.10. The molecule has 0 aromatic carbocycles. The van der Waals surface area contributed by atoms with Crippen LogP contribution in [0.1, 0.15) is 24.6 Å². The van der Waals surface area contributed by atoms with E-state index in [0.717, 1.165) is 44.7 Å². The second kappa shape index (κ2) is 7.06. The molecule has 0 bridgehead atoms. The van der Waals surface area contributed by atoms with Crippen LogP contribution in [-0.2, 0) is 6.54 Å². The molecule has 2 N–H and O–H groups in total. The smallest absolute Gasteiger partial charge is 0.162 e. The van der Waals surface area contributed by atoms with E-state index in [1.54, 1.807) is 13.3 Å². The number of hydrogen-bond donors (Lipinski definition) is 2. The molecule has 6 heteroatoms. The van der Waals surface area contributed by atoms with Gasteiger partial charge in [0.1, 0.15) is 11.8 Å². The number of likely N-dealkylation sites (N-methyl/N-ethyl adjacent to an activating group) is 1. The van der Waals surface area contributed by atoms with E-state index < -0.39 is 6.10 Å². The third-order valence-corrected chi connectivity index (χ3v) is 3.89. The van der Waals surface area contributed by atoms with E-state index in [2.05, 4.69) is 15.3 Å². The Kier molecular flexibility index (Phi) is 5.39. The summed E-state index contributed by atoms with van der Waals surface area (Å²) >= 11 is 0. The molecule has 20 heavy (non-hydrogen) atoms. The maximum atomic E-state index is 10.7. The van der Waals surface area contributed by atoms with Crippen molar-refractivity contribution < 1.29 is 9.84 Å². The number of rotatable bonds is 6. The summed E-state index contributed by atoms with van der Waals surface area (Å²) in [7, 11) is 5.69. The lowest BCUT2D eigenvalue weighted by Crippen LogP contribution is -2.34. The quantitative estimate of drug-likeness (QED) is 0.795. The van der Waals surface area contributed by atoms with Crippen LogP contribution in [0.15, 0.2) is 6.20 Å². The minimum absolute atomic E-state index is 0.229. The van der Waals surface area contributed by atoms with Crippen molar-refractivity contribution in [2.75, 3.05) is 40.8 Å². The number of nitrogens with zero attached hydrogens (tertiary/aromatic N) is 3. The monoisotopic (exact) mass is 282 g/mol. The molecule has 2 heterocycles. The minimum Gasteiger partial charge on any atom is -0.493 e.